The molecule has 1 saturated heterocycles. The van der Waals surface area contributed by atoms with Gasteiger partial charge in [0.1, 0.15) is 6.61 Å². The first-order valence-corrected chi connectivity index (χ1v) is 7.36. The number of nitrogens with zero attached hydrogens (tertiary/aromatic N) is 2. The first-order valence-electron chi connectivity index (χ1n) is 7.36. The van der Waals surface area contributed by atoms with Crippen LogP contribution in [0.3, 0.4) is 0 Å². The molecule has 0 N–H and O–H groups in total. The Hall–Kier alpha value is -1.91. The minimum Gasteiger partial charge on any atom is -0.476 e. The van der Waals surface area contributed by atoms with Gasteiger partial charge in [-0.1, -0.05) is 30.3 Å². The lowest BCUT2D eigenvalue weighted by Gasteiger charge is -2.26. The molecule has 1 aliphatic rings. The van der Waals surface area contributed by atoms with Crippen LogP contribution in [0, 0.1) is 0 Å². The molecule has 0 bridgehead atoms. The average Bonchev–Trinajstić information content (AvgIpc) is 2.57. The zero-order chi connectivity index (χ0) is 14.3. The van der Waals surface area contributed by atoms with Gasteiger partial charge in [-0.05, 0) is 11.6 Å². The monoisotopic (exact) mass is 284 g/mol. The standard InChI is InChI=1S/C17H20N2O2/c1-2-4-15(5-3-1)16-6-7-17(18-14-16)21-13-10-19-8-11-20-12-9-19/h1-7,14H,8-13H2. The maximum atomic E-state index is 5.71. The summed E-state index contributed by atoms with van der Waals surface area (Å²) in [6.45, 7) is 5.21. The molecule has 0 atom stereocenters. The van der Waals surface area contributed by atoms with E-state index in [1.165, 1.54) is 5.56 Å². The van der Waals surface area contributed by atoms with Gasteiger partial charge >= 0.3 is 0 Å². The molecule has 1 fully saturated rings. The van der Waals surface area contributed by atoms with Crippen molar-refractivity contribution >= 4 is 0 Å². The van der Waals surface area contributed by atoms with E-state index in [4.69, 9.17) is 9.47 Å². The number of benzene rings is 1. The van der Waals surface area contributed by atoms with Gasteiger partial charge in [0, 0.05) is 37.5 Å². The summed E-state index contributed by atoms with van der Waals surface area (Å²) in [4.78, 5) is 6.72. The van der Waals surface area contributed by atoms with E-state index in [0.717, 1.165) is 38.4 Å². The van der Waals surface area contributed by atoms with Crippen LogP contribution < -0.4 is 4.74 Å². The second-order valence-electron chi connectivity index (χ2n) is 5.05. The number of ether oxygens (including phenoxy) is 2. The number of aromatic nitrogens is 1. The highest BCUT2D eigenvalue weighted by atomic mass is 16.5. The van der Waals surface area contributed by atoms with Crippen LogP contribution in [0.25, 0.3) is 11.1 Å². The smallest absolute Gasteiger partial charge is 0.213 e. The first kappa shape index (κ1) is 14.0. The Kier molecular flexibility index (Phi) is 4.82. The molecule has 1 aromatic carbocycles. The van der Waals surface area contributed by atoms with Crippen LogP contribution in [0.15, 0.2) is 48.7 Å². The van der Waals surface area contributed by atoms with Crippen molar-refractivity contribution in [2.75, 3.05) is 39.5 Å². The van der Waals surface area contributed by atoms with Crippen molar-refractivity contribution in [3.8, 4) is 17.0 Å². The third kappa shape index (κ3) is 4.03. The lowest BCUT2D eigenvalue weighted by atomic mass is 10.1. The number of hydrogen-bond donors (Lipinski definition) is 0. The van der Waals surface area contributed by atoms with E-state index < -0.39 is 0 Å². The predicted octanol–water partition coefficient (Wildman–Crippen LogP) is 2.46. The van der Waals surface area contributed by atoms with Gasteiger partial charge in [0.15, 0.2) is 0 Å². The highest BCUT2D eigenvalue weighted by Crippen LogP contribution is 2.19. The van der Waals surface area contributed by atoms with E-state index in [0.29, 0.717) is 12.5 Å². The molecule has 1 aromatic heterocycles. The van der Waals surface area contributed by atoms with Crippen molar-refractivity contribution in [1.82, 2.24) is 9.88 Å². The normalized spacial score (nSPS) is 15.8. The minimum atomic E-state index is 0.664. The van der Waals surface area contributed by atoms with Gasteiger partial charge in [-0.25, -0.2) is 4.98 Å². The molecule has 4 nitrogen and oxygen atoms in total. The summed E-state index contributed by atoms with van der Waals surface area (Å²) in [7, 11) is 0. The van der Waals surface area contributed by atoms with Crippen LogP contribution in [-0.2, 0) is 4.74 Å². The van der Waals surface area contributed by atoms with E-state index in [2.05, 4.69) is 22.0 Å². The second kappa shape index (κ2) is 7.20. The Balaban J connectivity index is 1.50. The summed E-state index contributed by atoms with van der Waals surface area (Å²) >= 11 is 0. The Labute approximate surface area is 125 Å². The molecule has 110 valence electrons. The summed E-state index contributed by atoms with van der Waals surface area (Å²) in [6, 6.07) is 14.2. The van der Waals surface area contributed by atoms with Crippen LogP contribution in [0.4, 0.5) is 0 Å². The van der Waals surface area contributed by atoms with Crippen LogP contribution in [-0.4, -0.2) is 49.3 Å². The molecule has 0 saturated carbocycles. The number of hydrogen-bond acceptors (Lipinski definition) is 4. The lowest BCUT2D eigenvalue weighted by molar-refractivity contribution is 0.0320. The third-order valence-corrected chi connectivity index (χ3v) is 3.60. The van der Waals surface area contributed by atoms with E-state index >= 15 is 0 Å². The molecular weight excluding hydrogens is 264 g/mol. The Morgan fingerprint density at radius 3 is 2.52 bits per heavy atom. The van der Waals surface area contributed by atoms with Gasteiger partial charge in [-0.15, -0.1) is 0 Å². The van der Waals surface area contributed by atoms with E-state index in [9.17, 15) is 0 Å². The van der Waals surface area contributed by atoms with Crippen LogP contribution in [0.5, 0.6) is 5.88 Å². The van der Waals surface area contributed by atoms with Crippen molar-refractivity contribution in [2.45, 2.75) is 0 Å². The maximum absolute atomic E-state index is 5.71. The SMILES string of the molecule is c1ccc(-c2ccc(OCCN3CCOCC3)nc2)cc1. The summed E-state index contributed by atoms with van der Waals surface area (Å²) in [6.07, 6.45) is 1.86. The molecular formula is C17H20N2O2. The zero-order valence-corrected chi connectivity index (χ0v) is 12.1. The van der Waals surface area contributed by atoms with E-state index in [1.807, 2.05) is 36.5 Å². The van der Waals surface area contributed by atoms with E-state index in [-0.39, 0.29) is 0 Å². The van der Waals surface area contributed by atoms with Crippen LogP contribution >= 0.6 is 0 Å². The van der Waals surface area contributed by atoms with Crippen molar-refractivity contribution in [2.24, 2.45) is 0 Å². The van der Waals surface area contributed by atoms with Gasteiger partial charge in [0.2, 0.25) is 5.88 Å². The molecule has 4 heteroatoms. The van der Waals surface area contributed by atoms with Gasteiger partial charge in [-0.2, -0.15) is 0 Å². The Bertz CT molecular complexity index is 536. The first-order chi connectivity index (χ1) is 10.4. The molecule has 0 aliphatic carbocycles. The van der Waals surface area contributed by atoms with Crippen molar-refractivity contribution in [3.05, 3.63) is 48.7 Å². The summed E-state index contributed by atoms with van der Waals surface area (Å²) < 4.78 is 11.0. The largest absolute Gasteiger partial charge is 0.476 e. The quantitative estimate of drug-likeness (QED) is 0.845. The maximum Gasteiger partial charge on any atom is 0.213 e. The number of rotatable bonds is 5. The summed E-state index contributed by atoms with van der Waals surface area (Å²) in [5, 5.41) is 0. The molecule has 2 heterocycles. The van der Waals surface area contributed by atoms with Crippen LogP contribution in [0.2, 0.25) is 0 Å². The topological polar surface area (TPSA) is 34.6 Å². The summed E-state index contributed by atoms with van der Waals surface area (Å²) in [5.74, 6) is 0.683. The highest BCUT2D eigenvalue weighted by molar-refractivity contribution is 5.62. The van der Waals surface area contributed by atoms with Crippen molar-refractivity contribution < 1.29 is 9.47 Å². The highest BCUT2D eigenvalue weighted by Gasteiger charge is 2.09. The Morgan fingerprint density at radius 1 is 1.00 bits per heavy atom. The lowest BCUT2D eigenvalue weighted by Crippen LogP contribution is -2.38. The molecule has 3 rings (SSSR count). The molecule has 21 heavy (non-hydrogen) atoms. The molecule has 0 amide bonds. The molecule has 2 aromatic rings. The fourth-order valence-electron chi connectivity index (χ4n) is 2.37. The van der Waals surface area contributed by atoms with Crippen molar-refractivity contribution in [1.29, 1.82) is 0 Å². The van der Waals surface area contributed by atoms with Gasteiger partial charge in [0.05, 0.1) is 13.2 Å². The fourth-order valence-corrected chi connectivity index (χ4v) is 2.37. The minimum absolute atomic E-state index is 0.664. The molecule has 0 radical (unpaired) electrons. The van der Waals surface area contributed by atoms with Crippen LogP contribution in [0.1, 0.15) is 0 Å². The second-order valence-corrected chi connectivity index (χ2v) is 5.05. The van der Waals surface area contributed by atoms with E-state index in [1.54, 1.807) is 0 Å². The Morgan fingerprint density at radius 2 is 1.81 bits per heavy atom. The average molecular weight is 284 g/mol. The number of morpholine rings is 1. The van der Waals surface area contributed by atoms with Gasteiger partial charge < -0.3 is 9.47 Å². The third-order valence-electron chi connectivity index (χ3n) is 3.60. The zero-order valence-electron chi connectivity index (χ0n) is 12.1. The molecule has 1 aliphatic heterocycles. The fraction of sp³-hybridized carbons (Fsp3) is 0.353. The van der Waals surface area contributed by atoms with Gasteiger partial charge in [0.25, 0.3) is 0 Å². The molecule has 0 spiro atoms. The molecule has 0 unspecified atom stereocenters. The predicted molar refractivity (Wildman–Crippen MR) is 82.4 cm³/mol. The number of pyridine rings is 1. The van der Waals surface area contributed by atoms with Gasteiger partial charge in [-0.3, -0.25) is 4.90 Å². The summed E-state index contributed by atoms with van der Waals surface area (Å²) in [5.41, 5.74) is 2.28. The van der Waals surface area contributed by atoms with Crippen molar-refractivity contribution in [3.63, 3.8) is 0 Å².